The molecule has 1 heterocycles. The van der Waals surface area contributed by atoms with Crippen LogP contribution < -0.4 is 4.90 Å². The number of pyridine rings is 1. The summed E-state index contributed by atoms with van der Waals surface area (Å²) in [5.41, 5.74) is 0.923. The first-order chi connectivity index (χ1) is 7.69. The van der Waals surface area contributed by atoms with E-state index in [0.717, 1.165) is 0 Å². The van der Waals surface area contributed by atoms with Gasteiger partial charge < -0.3 is 9.64 Å². The Bertz CT molecular complexity index is 412. The molecular weight excluding hydrogens is 206 g/mol. The maximum Gasteiger partial charge on any atom is 0.325 e. The van der Waals surface area contributed by atoms with Crippen molar-refractivity contribution in [2.75, 3.05) is 25.1 Å². The van der Waals surface area contributed by atoms with E-state index in [1.165, 1.54) is 0 Å². The molecule has 0 unspecified atom stereocenters. The maximum atomic E-state index is 11.3. The van der Waals surface area contributed by atoms with Crippen LogP contribution in [0, 0.1) is 11.3 Å². The van der Waals surface area contributed by atoms with Crippen LogP contribution in [0.3, 0.4) is 0 Å². The lowest BCUT2D eigenvalue weighted by Gasteiger charge is -2.18. The number of nitrogens with zero attached hydrogens (tertiary/aromatic N) is 3. The lowest BCUT2D eigenvalue weighted by atomic mass is 10.3. The topological polar surface area (TPSA) is 66.2 Å². The van der Waals surface area contributed by atoms with E-state index in [1.807, 2.05) is 6.07 Å². The van der Waals surface area contributed by atoms with Gasteiger partial charge in [-0.15, -0.1) is 0 Å². The normalized spacial score (nSPS) is 9.31. The van der Waals surface area contributed by atoms with Crippen molar-refractivity contribution in [1.82, 2.24) is 4.98 Å². The predicted octanol–water partition coefficient (Wildman–Crippen LogP) is 0.953. The summed E-state index contributed by atoms with van der Waals surface area (Å²) >= 11 is 0. The summed E-state index contributed by atoms with van der Waals surface area (Å²) in [6, 6.07) is 5.44. The molecule has 5 nitrogen and oxygen atoms in total. The summed E-state index contributed by atoms with van der Waals surface area (Å²) in [5.74, 6) is -0.322. The first kappa shape index (κ1) is 12.0. The quantitative estimate of drug-likeness (QED) is 0.705. The number of hydrogen-bond acceptors (Lipinski definition) is 5. The van der Waals surface area contributed by atoms with Gasteiger partial charge in [0.1, 0.15) is 12.6 Å². The van der Waals surface area contributed by atoms with Crippen molar-refractivity contribution in [1.29, 1.82) is 5.26 Å². The number of anilines is 1. The number of carbonyl (C=O) groups is 1. The lowest BCUT2D eigenvalue weighted by Crippen LogP contribution is -2.27. The molecule has 0 saturated carbocycles. The number of nitriles is 1. The second-order valence-corrected chi connectivity index (χ2v) is 3.14. The Morgan fingerprint density at radius 2 is 2.44 bits per heavy atom. The first-order valence-corrected chi connectivity index (χ1v) is 4.91. The maximum absolute atomic E-state index is 11.3. The van der Waals surface area contributed by atoms with Crippen LogP contribution >= 0.6 is 0 Å². The molecule has 0 aliphatic heterocycles. The Morgan fingerprint density at radius 3 is 3.06 bits per heavy atom. The lowest BCUT2D eigenvalue weighted by molar-refractivity contribution is -0.141. The number of hydrogen-bond donors (Lipinski definition) is 0. The highest BCUT2D eigenvalue weighted by Crippen LogP contribution is 2.15. The SMILES string of the molecule is CCOC(=O)CN(C)c1cccnc1C#N. The second kappa shape index (κ2) is 5.71. The van der Waals surface area contributed by atoms with Crippen LogP contribution in [0.15, 0.2) is 18.3 Å². The van der Waals surface area contributed by atoms with Crippen molar-refractivity contribution in [2.45, 2.75) is 6.92 Å². The van der Waals surface area contributed by atoms with Crippen LogP contribution in [0.4, 0.5) is 5.69 Å². The number of aromatic nitrogens is 1. The van der Waals surface area contributed by atoms with Gasteiger partial charge in [-0.25, -0.2) is 4.98 Å². The zero-order valence-electron chi connectivity index (χ0n) is 9.30. The van der Waals surface area contributed by atoms with Crippen LogP contribution in [0.2, 0.25) is 0 Å². The molecule has 0 fully saturated rings. The zero-order valence-corrected chi connectivity index (χ0v) is 9.30. The summed E-state index contributed by atoms with van der Waals surface area (Å²) in [5, 5.41) is 8.85. The van der Waals surface area contributed by atoms with Gasteiger partial charge in [-0.3, -0.25) is 4.79 Å². The Kier molecular flexibility index (Phi) is 4.28. The third-order valence-corrected chi connectivity index (χ3v) is 1.98. The van der Waals surface area contributed by atoms with Gasteiger partial charge in [0.15, 0.2) is 5.69 Å². The van der Waals surface area contributed by atoms with Crippen molar-refractivity contribution in [3.63, 3.8) is 0 Å². The molecule has 1 aromatic heterocycles. The highest BCUT2D eigenvalue weighted by atomic mass is 16.5. The second-order valence-electron chi connectivity index (χ2n) is 3.14. The average molecular weight is 219 g/mol. The van der Waals surface area contributed by atoms with Crippen LogP contribution in [-0.2, 0) is 9.53 Å². The highest BCUT2D eigenvalue weighted by molar-refractivity contribution is 5.76. The molecule has 0 aliphatic rings. The largest absolute Gasteiger partial charge is 0.465 e. The van der Waals surface area contributed by atoms with E-state index in [1.54, 1.807) is 37.2 Å². The third kappa shape index (κ3) is 2.95. The molecule has 1 aromatic rings. The Morgan fingerprint density at radius 1 is 1.69 bits per heavy atom. The van der Waals surface area contributed by atoms with E-state index in [0.29, 0.717) is 18.0 Å². The predicted molar refractivity (Wildman–Crippen MR) is 58.9 cm³/mol. The fourth-order valence-corrected chi connectivity index (χ4v) is 1.28. The Labute approximate surface area is 94.3 Å². The van der Waals surface area contributed by atoms with E-state index >= 15 is 0 Å². The molecule has 0 atom stereocenters. The first-order valence-electron chi connectivity index (χ1n) is 4.91. The van der Waals surface area contributed by atoms with Crippen molar-refractivity contribution in [3.05, 3.63) is 24.0 Å². The molecule has 84 valence electrons. The third-order valence-electron chi connectivity index (χ3n) is 1.98. The molecule has 0 radical (unpaired) electrons. The van der Waals surface area contributed by atoms with Crippen LogP contribution in [0.5, 0.6) is 0 Å². The van der Waals surface area contributed by atoms with E-state index in [-0.39, 0.29) is 12.5 Å². The van der Waals surface area contributed by atoms with Gasteiger partial charge in [0.05, 0.1) is 12.3 Å². The Balaban J connectivity index is 2.77. The molecule has 16 heavy (non-hydrogen) atoms. The minimum Gasteiger partial charge on any atom is -0.465 e. The number of ether oxygens (including phenoxy) is 1. The average Bonchev–Trinajstić information content (AvgIpc) is 2.29. The molecule has 0 amide bonds. The molecule has 0 spiro atoms. The van der Waals surface area contributed by atoms with E-state index < -0.39 is 0 Å². The van der Waals surface area contributed by atoms with Gasteiger partial charge >= 0.3 is 5.97 Å². The van der Waals surface area contributed by atoms with E-state index in [2.05, 4.69) is 4.98 Å². The molecular formula is C11H13N3O2. The summed E-state index contributed by atoms with van der Waals surface area (Å²) in [6.07, 6.45) is 1.54. The summed E-state index contributed by atoms with van der Waals surface area (Å²) in [4.78, 5) is 16.8. The standard InChI is InChI=1S/C11H13N3O2/c1-3-16-11(15)8-14(2)10-5-4-6-13-9(10)7-12/h4-6H,3,8H2,1-2H3. The van der Waals surface area contributed by atoms with Crippen LogP contribution in [0.1, 0.15) is 12.6 Å². The number of esters is 1. The van der Waals surface area contributed by atoms with E-state index in [9.17, 15) is 4.79 Å². The number of carbonyl (C=O) groups excluding carboxylic acids is 1. The Hall–Kier alpha value is -2.09. The van der Waals surface area contributed by atoms with Crippen molar-refractivity contribution in [2.24, 2.45) is 0 Å². The summed E-state index contributed by atoms with van der Waals surface area (Å²) in [7, 11) is 1.72. The molecule has 0 saturated heterocycles. The van der Waals surface area contributed by atoms with Crippen molar-refractivity contribution >= 4 is 11.7 Å². The molecule has 5 heteroatoms. The van der Waals surface area contributed by atoms with Crippen LogP contribution in [0.25, 0.3) is 0 Å². The molecule has 1 rings (SSSR count). The fourth-order valence-electron chi connectivity index (χ4n) is 1.28. The minimum atomic E-state index is -0.322. The van der Waals surface area contributed by atoms with Gasteiger partial charge in [-0.1, -0.05) is 0 Å². The summed E-state index contributed by atoms with van der Waals surface area (Å²) < 4.78 is 4.82. The van der Waals surface area contributed by atoms with Gasteiger partial charge in [0.25, 0.3) is 0 Å². The smallest absolute Gasteiger partial charge is 0.325 e. The number of likely N-dealkylation sites (N-methyl/N-ethyl adjacent to an activating group) is 1. The van der Waals surface area contributed by atoms with Crippen molar-refractivity contribution in [3.8, 4) is 6.07 Å². The fraction of sp³-hybridized carbons (Fsp3) is 0.364. The summed E-state index contributed by atoms with van der Waals surface area (Å²) in [6.45, 7) is 2.21. The number of rotatable bonds is 4. The van der Waals surface area contributed by atoms with Gasteiger partial charge in [-0.2, -0.15) is 5.26 Å². The molecule has 0 aromatic carbocycles. The minimum absolute atomic E-state index is 0.105. The molecule has 0 bridgehead atoms. The zero-order chi connectivity index (χ0) is 12.0. The highest BCUT2D eigenvalue weighted by Gasteiger charge is 2.11. The van der Waals surface area contributed by atoms with Gasteiger partial charge in [0, 0.05) is 13.2 Å². The van der Waals surface area contributed by atoms with Crippen molar-refractivity contribution < 1.29 is 9.53 Å². The van der Waals surface area contributed by atoms with Gasteiger partial charge in [-0.05, 0) is 19.1 Å². The molecule has 0 aliphatic carbocycles. The monoisotopic (exact) mass is 219 g/mol. The van der Waals surface area contributed by atoms with Gasteiger partial charge in [0.2, 0.25) is 0 Å². The molecule has 0 N–H and O–H groups in total. The van der Waals surface area contributed by atoms with Crippen LogP contribution in [-0.4, -0.2) is 31.2 Å². The van der Waals surface area contributed by atoms with E-state index in [4.69, 9.17) is 10.00 Å².